The van der Waals surface area contributed by atoms with Crippen LogP contribution in [0.1, 0.15) is 17.8 Å². The maximum Gasteiger partial charge on any atom is 0.434 e. The first-order valence-electron chi connectivity index (χ1n) is 10.9. The average molecular weight is 535 g/mol. The Hall–Kier alpha value is -3.91. The van der Waals surface area contributed by atoms with Gasteiger partial charge in [-0.15, -0.1) is 0 Å². The Balaban J connectivity index is 1.25. The second-order valence-corrected chi connectivity index (χ2v) is 10.0. The van der Waals surface area contributed by atoms with Crippen LogP contribution in [0.25, 0.3) is 22.2 Å². The van der Waals surface area contributed by atoms with E-state index in [0.717, 1.165) is 22.6 Å². The van der Waals surface area contributed by atoms with E-state index in [1.54, 1.807) is 0 Å². The SMILES string of the molecule is O=C(NCc1cc(-c2cnc(C(F)(F)F)cn2)ccn1)C1CCN1S(=O)(=O)c1cc2cc(F)ccc2o1. The average Bonchev–Trinajstić information content (AvgIpc) is 3.26. The van der Waals surface area contributed by atoms with Gasteiger partial charge in [-0.05, 0) is 36.8 Å². The minimum absolute atomic E-state index is 0.0605. The normalized spacial score (nSPS) is 16.5. The van der Waals surface area contributed by atoms with Crippen LogP contribution in [-0.4, -0.2) is 46.2 Å². The van der Waals surface area contributed by atoms with Crippen LogP contribution < -0.4 is 5.32 Å². The maximum atomic E-state index is 13.4. The van der Waals surface area contributed by atoms with Crippen LogP contribution in [0, 0.1) is 5.82 Å². The van der Waals surface area contributed by atoms with Gasteiger partial charge in [0.25, 0.3) is 10.0 Å². The Kier molecular flexibility index (Phi) is 6.15. The van der Waals surface area contributed by atoms with Crippen LogP contribution in [0.3, 0.4) is 0 Å². The number of hydrogen-bond donors (Lipinski definition) is 1. The van der Waals surface area contributed by atoms with E-state index in [9.17, 15) is 30.8 Å². The molecule has 0 spiro atoms. The van der Waals surface area contributed by atoms with Crippen molar-refractivity contribution in [2.24, 2.45) is 0 Å². The summed E-state index contributed by atoms with van der Waals surface area (Å²) in [6, 6.07) is 6.91. The Morgan fingerprint density at radius 3 is 2.59 bits per heavy atom. The first-order valence-corrected chi connectivity index (χ1v) is 12.3. The third-order valence-electron chi connectivity index (χ3n) is 5.79. The van der Waals surface area contributed by atoms with Gasteiger partial charge in [0, 0.05) is 29.8 Å². The summed E-state index contributed by atoms with van der Waals surface area (Å²) >= 11 is 0. The highest BCUT2D eigenvalue weighted by Gasteiger charge is 2.44. The number of rotatable bonds is 6. The van der Waals surface area contributed by atoms with E-state index >= 15 is 0 Å². The molecule has 1 fully saturated rings. The Morgan fingerprint density at radius 2 is 1.92 bits per heavy atom. The molecule has 3 aromatic heterocycles. The fourth-order valence-corrected chi connectivity index (χ4v) is 5.38. The second-order valence-electron chi connectivity index (χ2n) is 8.21. The van der Waals surface area contributed by atoms with Gasteiger partial charge in [-0.2, -0.15) is 17.5 Å². The number of fused-ring (bicyclic) bond motifs is 1. The molecule has 1 amide bonds. The lowest BCUT2D eigenvalue weighted by Gasteiger charge is -2.37. The number of carbonyl (C=O) groups excluding carboxylic acids is 1. The smallest absolute Gasteiger partial charge is 0.434 e. The maximum absolute atomic E-state index is 13.4. The number of benzene rings is 1. The molecule has 4 aromatic rings. The number of sulfonamides is 1. The van der Waals surface area contributed by atoms with Crippen LogP contribution >= 0.6 is 0 Å². The van der Waals surface area contributed by atoms with Gasteiger partial charge in [-0.3, -0.25) is 14.8 Å². The van der Waals surface area contributed by atoms with Gasteiger partial charge in [-0.25, -0.2) is 17.8 Å². The summed E-state index contributed by atoms with van der Waals surface area (Å²) in [5, 5.41) is 2.51. The minimum Gasteiger partial charge on any atom is -0.443 e. The van der Waals surface area contributed by atoms with Crippen LogP contribution in [0.15, 0.2) is 64.5 Å². The van der Waals surface area contributed by atoms with Crippen molar-refractivity contribution in [2.75, 3.05) is 6.54 Å². The van der Waals surface area contributed by atoms with Crippen LogP contribution in [-0.2, 0) is 27.5 Å². The summed E-state index contributed by atoms with van der Waals surface area (Å²) in [5.41, 5.74) is 0.0815. The Bertz CT molecular complexity index is 1590. The highest BCUT2D eigenvalue weighted by Crippen LogP contribution is 2.31. The van der Waals surface area contributed by atoms with Crippen molar-refractivity contribution < 1.29 is 35.2 Å². The van der Waals surface area contributed by atoms with Crippen LogP contribution in [0.5, 0.6) is 0 Å². The molecule has 37 heavy (non-hydrogen) atoms. The van der Waals surface area contributed by atoms with Gasteiger partial charge in [-0.1, -0.05) is 0 Å². The van der Waals surface area contributed by atoms with Gasteiger partial charge in [0.1, 0.15) is 17.4 Å². The number of furan rings is 1. The van der Waals surface area contributed by atoms with Crippen molar-refractivity contribution in [3.05, 3.63) is 72.2 Å². The van der Waals surface area contributed by atoms with E-state index in [1.807, 2.05) is 0 Å². The van der Waals surface area contributed by atoms with E-state index in [1.165, 1.54) is 30.5 Å². The molecule has 1 saturated heterocycles. The highest BCUT2D eigenvalue weighted by molar-refractivity contribution is 7.89. The van der Waals surface area contributed by atoms with E-state index in [-0.39, 0.29) is 36.2 Å². The zero-order chi connectivity index (χ0) is 26.4. The number of aromatic nitrogens is 3. The molecule has 4 heterocycles. The van der Waals surface area contributed by atoms with Crippen molar-refractivity contribution >= 4 is 26.9 Å². The van der Waals surface area contributed by atoms with E-state index in [2.05, 4.69) is 20.3 Å². The number of nitrogens with zero attached hydrogens (tertiary/aromatic N) is 4. The third kappa shape index (κ3) is 4.89. The van der Waals surface area contributed by atoms with Gasteiger partial charge in [0.05, 0.1) is 30.3 Å². The standard InChI is InChI=1S/C23H17F4N5O4S/c24-15-1-2-19-14(7-15)9-21(36-19)37(34,35)32-6-4-18(32)22(33)31-10-16-8-13(3-5-28-16)17-11-30-20(12-29-17)23(25,26)27/h1-3,5,7-9,11-12,18H,4,6,10H2,(H,31,33). The second kappa shape index (κ2) is 9.19. The number of nitrogens with one attached hydrogen (secondary N) is 1. The van der Waals surface area contributed by atoms with E-state index in [4.69, 9.17) is 4.42 Å². The topological polar surface area (TPSA) is 118 Å². The van der Waals surface area contributed by atoms with Crippen molar-refractivity contribution in [1.82, 2.24) is 24.6 Å². The van der Waals surface area contributed by atoms with E-state index < -0.39 is 44.8 Å². The molecule has 1 unspecified atom stereocenters. The van der Waals surface area contributed by atoms with Crippen molar-refractivity contribution in [1.29, 1.82) is 0 Å². The van der Waals surface area contributed by atoms with Gasteiger partial charge in [0.2, 0.25) is 11.0 Å². The fourth-order valence-electron chi connectivity index (χ4n) is 3.80. The zero-order valence-corrected chi connectivity index (χ0v) is 19.6. The molecule has 0 bridgehead atoms. The molecule has 1 aliphatic rings. The number of halogens is 4. The molecular weight excluding hydrogens is 518 g/mol. The largest absolute Gasteiger partial charge is 0.443 e. The summed E-state index contributed by atoms with van der Waals surface area (Å²) in [7, 11) is -4.14. The molecule has 14 heteroatoms. The summed E-state index contributed by atoms with van der Waals surface area (Å²) in [4.78, 5) is 24.0. The van der Waals surface area contributed by atoms with Crippen molar-refractivity contribution in [3.8, 4) is 11.3 Å². The van der Waals surface area contributed by atoms with Crippen LogP contribution in [0.2, 0.25) is 0 Å². The predicted octanol–water partition coefficient (Wildman–Crippen LogP) is 3.52. The number of carbonyl (C=O) groups is 1. The third-order valence-corrected chi connectivity index (χ3v) is 7.55. The van der Waals surface area contributed by atoms with Gasteiger partial charge >= 0.3 is 6.18 Å². The fraction of sp³-hybridized carbons (Fsp3) is 0.217. The predicted molar refractivity (Wildman–Crippen MR) is 121 cm³/mol. The summed E-state index contributed by atoms with van der Waals surface area (Å²) in [6.45, 7) is 0.0428. The van der Waals surface area contributed by atoms with Crippen molar-refractivity contribution in [2.45, 2.75) is 30.3 Å². The first-order chi connectivity index (χ1) is 17.5. The number of alkyl halides is 3. The quantitative estimate of drug-likeness (QED) is 0.376. The zero-order valence-electron chi connectivity index (χ0n) is 18.7. The number of pyridine rings is 1. The Labute approximate surface area is 207 Å². The molecule has 192 valence electrons. The molecule has 1 N–H and O–H groups in total. The van der Waals surface area contributed by atoms with Gasteiger partial charge in [0.15, 0.2) is 5.69 Å². The summed E-state index contributed by atoms with van der Waals surface area (Å²) in [5.74, 6) is -1.10. The lowest BCUT2D eigenvalue weighted by atomic mass is 10.1. The molecule has 1 atom stereocenters. The molecule has 5 rings (SSSR count). The molecule has 1 aliphatic heterocycles. The lowest BCUT2D eigenvalue weighted by molar-refractivity contribution is -0.141. The molecule has 0 aliphatic carbocycles. The summed E-state index contributed by atoms with van der Waals surface area (Å²) < 4.78 is 84.0. The van der Waals surface area contributed by atoms with Gasteiger partial charge < -0.3 is 9.73 Å². The van der Waals surface area contributed by atoms with Crippen LogP contribution in [0.4, 0.5) is 17.6 Å². The monoisotopic (exact) mass is 535 g/mol. The number of hydrogen-bond acceptors (Lipinski definition) is 7. The first kappa shape index (κ1) is 24.8. The summed E-state index contributed by atoms with van der Waals surface area (Å²) in [6.07, 6.45) is -1.30. The molecule has 0 radical (unpaired) electrons. The lowest BCUT2D eigenvalue weighted by Crippen LogP contribution is -2.57. The van der Waals surface area contributed by atoms with Crippen molar-refractivity contribution in [3.63, 3.8) is 0 Å². The van der Waals surface area contributed by atoms with E-state index in [0.29, 0.717) is 17.5 Å². The molecular formula is C23H17F4N5O4S. The minimum atomic E-state index is -4.61. The Morgan fingerprint density at radius 1 is 1.11 bits per heavy atom. The highest BCUT2D eigenvalue weighted by atomic mass is 32.2. The molecule has 9 nitrogen and oxygen atoms in total. The molecule has 0 saturated carbocycles. The molecule has 1 aromatic carbocycles. The number of amides is 1.